The smallest absolute Gasteiger partial charge is 0.412 e. The number of piperidine rings is 1. The number of carbonyl (C=O) groups excluding carboxylic acids is 2. The van der Waals surface area contributed by atoms with Crippen molar-refractivity contribution in [3.63, 3.8) is 0 Å². The van der Waals surface area contributed by atoms with E-state index in [1.54, 1.807) is 39.0 Å². The first-order valence-electron chi connectivity index (χ1n) is 8.13. The van der Waals surface area contributed by atoms with Crippen LogP contribution in [0.15, 0.2) is 18.2 Å². The number of rotatable bonds is 1. The molecule has 0 aliphatic carbocycles. The second kappa shape index (κ2) is 5.98. The molecule has 3 N–H and O–H groups in total. The van der Waals surface area contributed by atoms with Gasteiger partial charge in [-0.1, -0.05) is 0 Å². The molecular weight excluding hydrogens is 310 g/mol. The first-order valence-corrected chi connectivity index (χ1v) is 8.13. The van der Waals surface area contributed by atoms with Gasteiger partial charge in [0.05, 0.1) is 5.56 Å². The zero-order valence-corrected chi connectivity index (χ0v) is 14.2. The van der Waals surface area contributed by atoms with Crippen molar-refractivity contribution in [3.05, 3.63) is 23.8 Å². The van der Waals surface area contributed by atoms with Crippen molar-refractivity contribution in [3.8, 4) is 5.75 Å². The number of ether oxygens (including phenoxy) is 2. The minimum atomic E-state index is -0.630. The third-order valence-corrected chi connectivity index (χ3v) is 3.93. The molecule has 2 aliphatic rings. The minimum absolute atomic E-state index is 0.189. The summed E-state index contributed by atoms with van der Waals surface area (Å²) in [6.45, 7) is 6.97. The van der Waals surface area contributed by atoms with E-state index in [1.165, 1.54) is 0 Å². The van der Waals surface area contributed by atoms with Crippen LogP contribution in [-0.4, -0.2) is 36.4 Å². The summed E-state index contributed by atoms with van der Waals surface area (Å²) in [5.74, 6) is 0.348. The van der Waals surface area contributed by atoms with Gasteiger partial charge in [-0.2, -0.15) is 0 Å². The lowest BCUT2D eigenvalue weighted by Gasteiger charge is -2.41. The van der Waals surface area contributed by atoms with Crippen molar-refractivity contribution in [2.75, 3.05) is 18.4 Å². The first-order chi connectivity index (χ1) is 11.3. The van der Waals surface area contributed by atoms with Crippen LogP contribution in [0.1, 0.15) is 44.0 Å². The number of carbonyl (C=O) groups is 2. The summed E-state index contributed by atoms with van der Waals surface area (Å²) in [6, 6.07) is 5.02. The molecule has 0 unspecified atom stereocenters. The molecule has 1 fully saturated rings. The fourth-order valence-electron chi connectivity index (χ4n) is 2.86. The molecule has 2 aliphatic heterocycles. The highest BCUT2D eigenvalue weighted by atomic mass is 16.6. The van der Waals surface area contributed by atoms with Crippen LogP contribution < -0.4 is 20.7 Å². The molecule has 2 heterocycles. The molecule has 1 aromatic carbocycles. The zero-order chi connectivity index (χ0) is 17.4. The molecule has 1 aromatic rings. The summed E-state index contributed by atoms with van der Waals surface area (Å²) in [6.07, 6.45) is 0.876. The van der Waals surface area contributed by atoms with Crippen molar-refractivity contribution in [1.29, 1.82) is 0 Å². The summed E-state index contributed by atoms with van der Waals surface area (Å²) < 4.78 is 11.3. The molecule has 7 heteroatoms. The largest absolute Gasteiger partial charge is 0.467 e. The Kier molecular flexibility index (Phi) is 4.13. The van der Waals surface area contributed by atoms with Gasteiger partial charge >= 0.3 is 6.09 Å². The second-order valence-corrected chi connectivity index (χ2v) is 7.14. The Morgan fingerprint density at radius 1 is 1.29 bits per heavy atom. The van der Waals surface area contributed by atoms with Gasteiger partial charge in [-0.15, -0.1) is 0 Å². The number of fused-ring (bicyclic) bond motifs is 1. The van der Waals surface area contributed by atoms with Crippen molar-refractivity contribution in [1.82, 2.24) is 10.6 Å². The van der Waals surface area contributed by atoms with Gasteiger partial charge in [-0.05, 0) is 39.0 Å². The predicted molar refractivity (Wildman–Crippen MR) is 89.2 cm³/mol. The summed E-state index contributed by atoms with van der Waals surface area (Å²) >= 11 is 0. The number of hydrogen-bond acceptors (Lipinski definition) is 5. The average Bonchev–Trinajstić information content (AvgIpc) is 2.47. The fourth-order valence-corrected chi connectivity index (χ4v) is 2.86. The SMILES string of the molecule is CC(C)(C)OC(=O)Nc1ccc2c(c1)C(=O)NC1(CCNCC1)O2. The third kappa shape index (κ3) is 3.62. The van der Waals surface area contributed by atoms with Gasteiger partial charge in [0.15, 0.2) is 5.72 Å². The standard InChI is InChI=1S/C17H23N3O4/c1-16(2,3)24-15(22)19-11-4-5-13-12(10-11)14(21)20-17(23-13)6-8-18-9-7-17/h4-5,10,18H,6-9H2,1-3H3,(H,19,22)(H,20,21). The van der Waals surface area contributed by atoms with Crippen molar-refractivity contribution in [2.24, 2.45) is 0 Å². The molecular formula is C17H23N3O4. The maximum atomic E-state index is 12.5. The van der Waals surface area contributed by atoms with Crippen LogP contribution in [0.4, 0.5) is 10.5 Å². The highest BCUT2D eigenvalue weighted by Gasteiger charge is 2.40. The Morgan fingerprint density at radius 3 is 2.67 bits per heavy atom. The predicted octanol–water partition coefficient (Wildman–Crippen LogP) is 2.24. The van der Waals surface area contributed by atoms with Crippen LogP contribution in [0.3, 0.4) is 0 Å². The van der Waals surface area contributed by atoms with Crippen molar-refractivity contribution < 1.29 is 19.1 Å². The van der Waals surface area contributed by atoms with Crippen LogP contribution in [0.5, 0.6) is 5.75 Å². The van der Waals surface area contributed by atoms with Crippen LogP contribution in [0.2, 0.25) is 0 Å². The van der Waals surface area contributed by atoms with Crippen molar-refractivity contribution >= 4 is 17.7 Å². The lowest BCUT2D eigenvalue weighted by molar-refractivity contribution is -0.00353. The monoisotopic (exact) mass is 333 g/mol. The van der Waals surface area contributed by atoms with Gasteiger partial charge in [0.2, 0.25) is 0 Å². The lowest BCUT2D eigenvalue weighted by atomic mass is 9.98. The van der Waals surface area contributed by atoms with E-state index in [4.69, 9.17) is 9.47 Å². The molecule has 130 valence electrons. The first kappa shape index (κ1) is 16.6. The molecule has 0 radical (unpaired) electrons. The number of benzene rings is 1. The fraction of sp³-hybridized carbons (Fsp3) is 0.529. The van der Waals surface area contributed by atoms with Gasteiger partial charge in [0, 0.05) is 31.6 Å². The van der Waals surface area contributed by atoms with E-state index in [2.05, 4.69) is 16.0 Å². The molecule has 0 atom stereocenters. The molecule has 2 amide bonds. The summed E-state index contributed by atoms with van der Waals surface area (Å²) in [4.78, 5) is 24.3. The Hall–Kier alpha value is -2.28. The summed E-state index contributed by atoms with van der Waals surface area (Å²) in [5, 5.41) is 8.85. The molecule has 0 bridgehead atoms. The van der Waals surface area contributed by atoms with E-state index in [0.717, 1.165) is 25.9 Å². The van der Waals surface area contributed by atoms with Gasteiger partial charge < -0.3 is 20.1 Å². The van der Waals surface area contributed by atoms with Crippen LogP contribution in [0.25, 0.3) is 0 Å². The zero-order valence-electron chi connectivity index (χ0n) is 14.2. The number of nitrogens with one attached hydrogen (secondary N) is 3. The quantitative estimate of drug-likeness (QED) is 0.733. The molecule has 1 saturated heterocycles. The van der Waals surface area contributed by atoms with E-state index in [9.17, 15) is 9.59 Å². The maximum absolute atomic E-state index is 12.5. The maximum Gasteiger partial charge on any atom is 0.412 e. The van der Waals surface area contributed by atoms with E-state index in [-0.39, 0.29) is 5.91 Å². The number of amides is 2. The molecule has 0 saturated carbocycles. The van der Waals surface area contributed by atoms with Gasteiger partial charge in [-0.25, -0.2) is 4.79 Å². The molecule has 3 rings (SSSR count). The van der Waals surface area contributed by atoms with E-state index in [1.807, 2.05) is 0 Å². The second-order valence-electron chi connectivity index (χ2n) is 7.14. The highest BCUT2D eigenvalue weighted by molar-refractivity contribution is 6.00. The number of hydrogen-bond donors (Lipinski definition) is 3. The minimum Gasteiger partial charge on any atom is -0.467 e. The van der Waals surface area contributed by atoms with E-state index in [0.29, 0.717) is 17.0 Å². The lowest BCUT2D eigenvalue weighted by Crippen LogP contribution is -2.60. The normalized spacial score (nSPS) is 19.0. The van der Waals surface area contributed by atoms with Gasteiger partial charge in [0.25, 0.3) is 5.91 Å². The molecule has 1 spiro atoms. The van der Waals surface area contributed by atoms with Gasteiger partial charge in [-0.3, -0.25) is 10.1 Å². The van der Waals surface area contributed by atoms with E-state index < -0.39 is 17.4 Å². The molecule has 7 nitrogen and oxygen atoms in total. The van der Waals surface area contributed by atoms with Crippen LogP contribution in [-0.2, 0) is 4.74 Å². The Balaban J connectivity index is 1.76. The molecule has 0 aromatic heterocycles. The summed E-state index contributed by atoms with van der Waals surface area (Å²) in [5.41, 5.74) is -0.314. The Bertz CT molecular complexity index is 660. The van der Waals surface area contributed by atoms with Crippen LogP contribution >= 0.6 is 0 Å². The molecule has 24 heavy (non-hydrogen) atoms. The summed E-state index contributed by atoms with van der Waals surface area (Å²) in [7, 11) is 0. The Morgan fingerprint density at radius 2 is 2.00 bits per heavy atom. The van der Waals surface area contributed by atoms with Crippen molar-refractivity contribution in [2.45, 2.75) is 44.9 Å². The van der Waals surface area contributed by atoms with Gasteiger partial charge in [0.1, 0.15) is 11.4 Å². The number of anilines is 1. The average molecular weight is 333 g/mol. The van der Waals surface area contributed by atoms with E-state index >= 15 is 0 Å². The third-order valence-electron chi connectivity index (χ3n) is 3.93. The topological polar surface area (TPSA) is 88.7 Å². The Labute approximate surface area is 141 Å². The van der Waals surface area contributed by atoms with Crippen LogP contribution in [0, 0.1) is 0 Å². The highest BCUT2D eigenvalue weighted by Crippen LogP contribution is 2.33.